The number of thioether (sulfide) groups is 1. The number of nitrogens with zero attached hydrogens (tertiary/aromatic N) is 2. The number of anilines is 2. The monoisotopic (exact) mass is 493 g/mol. The third-order valence-corrected chi connectivity index (χ3v) is 8.80. The van der Waals surface area contributed by atoms with E-state index in [1.807, 2.05) is 36.4 Å². The van der Waals surface area contributed by atoms with Gasteiger partial charge in [0.05, 0.1) is 33.5 Å². The molecular weight excluding hydrogens is 466 g/mol. The topological polar surface area (TPSA) is 79.4 Å². The van der Waals surface area contributed by atoms with Crippen LogP contribution in [0.3, 0.4) is 0 Å². The molecule has 3 aromatic rings. The predicted octanol–water partition coefficient (Wildman–Crippen LogP) is 5.83. The van der Waals surface area contributed by atoms with E-state index in [4.69, 9.17) is 0 Å². The first-order valence-corrected chi connectivity index (χ1v) is 13.5. The average molecular weight is 494 g/mol. The average Bonchev–Trinajstić information content (AvgIpc) is 3.36. The number of aromatic nitrogens is 1. The number of amides is 3. The molecule has 1 aliphatic heterocycles. The van der Waals surface area contributed by atoms with Gasteiger partial charge in [0, 0.05) is 5.69 Å². The Labute approximate surface area is 207 Å². The smallest absolute Gasteiger partial charge is 0.237 e. The number of hydrogen-bond donors (Lipinski definition) is 1. The molecule has 8 heteroatoms. The van der Waals surface area contributed by atoms with Crippen LogP contribution in [-0.2, 0) is 14.4 Å². The van der Waals surface area contributed by atoms with E-state index in [1.54, 1.807) is 6.07 Å². The molecule has 2 fully saturated rings. The third kappa shape index (κ3) is 4.49. The van der Waals surface area contributed by atoms with Crippen LogP contribution in [0.25, 0.3) is 10.2 Å². The highest BCUT2D eigenvalue weighted by Crippen LogP contribution is 2.41. The SMILES string of the molecule is CC(C)c1ccc(NC(=O)CSc2nc3ccc(N4C(=O)[C@H]5CCCC[C@H]5C4=O)cc3s2)cc1. The zero-order chi connectivity index (χ0) is 23.8. The number of carbonyl (C=O) groups is 3. The summed E-state index contributed by atoms with van der Waals surface area (Å²) in [5.41, 5.74) is 3.44. The summed E-state index contributed by atoms with van der Waals surface area (Å²) in [4.78, 5) is 44.2. The van der Waals surface area contributed by atoms with Crippen molar-refractivity contribution < 1.29 is 14.4 Å². The van der Waals surface area contributed by atoms with Gasteiger partial charge in [0.15, 0.2) is 4.34 Å². The summed E-state index contributed by atoms with van der Waals surface area (Å²) in [5, 5.41) is 2.93. The van der Waals surface area contributed by atoms with Crippen molar-refractivity contribution in [2.24, 2.45) is 11.8 Å². The van der Waals surface area contributed by atoms with Gasteiger partial charge in [-0.3, -0.25) is 19.3 Å². The highest BCUT2D eigenvalue weighted by atomic mass is 32.2. The van der Waals surface area contributed by atoms with Crippen LogP contribution in [0, 0.1) is 11.8 Å². The Kier molecular flexibility index (Phi) is 6.44. The van der Waals surface area contributed by atoms with Crippen LogP contribution in [0.1, 0.15) is 51.0 Å². The van der Waals surface area contributed by atoms with Crippen molar-refractivity contribution in [1.29, 1.82) is 0 Å². The van der Waals surface area contributed by atoms with Crippen molar-refractivity contribution in [1.82, 2.24) is 4.98 Å². The molecule has 2 aromatic carbocycles. The number of thiazole rings is 1. The van der Waals surface area contributed by atoms with Crippen molar-refractivity contribution in [2.45, 2.75) is 49.8 Å². The molecule has 6 nitrogen and oxygen atoms in total. The van der Waals surface area contributed by atoms with Gasteiger partial charge in [-0.25, -0.2) is 4.98 Å². The Morgan fingerprint density at radius 3 is 2.41 bits per heavy atom. The fourth-order valence-electron chi connectivity index (χ4n) is 4.79. The van der Waals surface area contributed by atoms with Crippen LogP contribution in [0.2, 0.25) is 0 Å². The van der Waals surface area contributed by atoms with Crippen molar-refractivity contribution in [3.8, 4) is 0 Å². The van der Waals surface area contributed by atoms with Crippen LogP contribution in [-0.4, -0.2) is 28.5 Å². The molecule has 1 saturated heterocycles. The zero-order valence-electron chi connectivity index (χ0n) is 19.2. The predicted molar refractivity (Wildman–Crippen MR) is 137 cm³/mol. The van der Waals surface area contributed by atoms with Gasteiger partial charge in [-0.2, -0.15) is 0 Å². The van der Waals surface area contributed by atoms with Crippen LogP contribution >= 0.6 is 23.1 Å². The summed E-state index contributed by atoms with van der Waals surface area (Å²) in [6.07, 6.45) is 3.64. The molecular formula is C26H27N3O3S2. The lowest BCUT2D eigenvalue weighted by Gasteiger charge is -2.19. The zero-order valence-corrected chi connectivity index (χ0v) is 20.9. The first kappa shape index (κ1) is 23.1. The van der Waals surface area contributed by atoms with Crippen molar-refractivity contribution in [3.63, 3.8) is 0 Å². The maximum absolute atomic E-state index is 12.9. The number of benzene rings is 2. The Morgan fingerprint density at radius 1 is 1.09 bits per heavy atom. The molecule has 0 radical (unpaired) electrons. The maximum atomic E-state index is 12.9. The Bertz CT molecular complexity index is 1230. The largest absolute Gasteiger partial charge is 0.325 e. The second-order valence-corrected chi connectivity index (χ2v) is 11.5. The molecule has 176 valence electrons. The molecule has 1 saturated carbocycles. The first-order chi connectivity index (χ1) is 16.4. The van der Waals surface area contributed by atoms with Gasteiger partial charge in [0.1, 0.15) is 0 Å². The van der Waals surface area contributed by atoms with E-state index in [-0.39, 0.29) is 35.3 Å². The third-order valence-electron chi connectivity index (χ3n) is 6.64. The maximum Gasteiger partial charge on any atom is 0.237 e. The van der Waals surface area contributed by atoms with Gasteiger partial charge in [0.25, 0.3) is 0 Å². The summed E-state index contributed by atoms with van der Waals surface area (Å²) in [7, 11) is 0. The molecule has 1 N–H and O–H groups in total. The van der Waals surface area contributed by atoms with Crippen molar-refractivity contribution in [2.75, 3.05) is 16.0 Å². The van der Waals surface area contributed by atoms with Gasteiger partial charge in [-0.05, 0) is 54.7 Å². The summed E-state index contributed by atoms with van der Waals surface area (Å²) >= 11 is 2.86. The van der Waals surface area contributed by atoms with Crippen LogP contribution < -0.4 is 10.2 Å². The van der Waals surface area contributed by atoms with Gasteiger partial charge in [-0.1, -0.05) is 50.6 Å². The van der Waals surface area contributed by atoms with E-state index in [0.29, 0.717) is 11.6 Å². The molecule has 1 aromatic heterocycles. The second-order valence-electron chi connectivity index (χ2n) is 9.25. The van der Waals surface area contributed by atoms with Gasteiger partial charge in [0.2, 0.25) is 17.7 Å². The summed E-state index contributed by atoms with van der Waals surface area (Å²) < 4.78 is 1.69. The van der Waals surface area contributed by atoms with E-state index < -0.39 is 0 Å². The van der Waals surface area contributed by atoms with Crippen molar-refractivity contribution >= 4 is 62.4 Å². The molecule has 34 heavy (non-hydrogen) atoms. The molecule has 5 rings (SSSR count). The molecule has 1 aliphatic carbocycles. The normalized spacial score (nSPS) is 20.3. The summed E-state index contributed by atoms with van der Waals surface area (Å²) in [6.45, 7) is 4.27. The molecule has 0 spiro atoms. The molecule has 2 atom stereocenters. The highest BCUT2D eigenvalue weighted by molar-refractivity contribution is 8.01. The van der Waals surface area contributed by atoms with Gasteiger partial charge < -0.3 is 5.32 Å². The van der Waals surface area contributed by atoms with Gasteiger partial charge in [-0.15, -0.1) is 11.3 Å². The number of fused-ring (bicyclic) bond motifs is 2. The molecule has 2 heterocycles. The highest BCUT2D eigenvalue weighted by Gasteiger charge is 2.48. The van der Waals surface area contributed by atoms with E-state index >= 15 is 0 Å². The van der Waals surface area contributed by atoms with E-state index in [2.05, 4.69) is 24.1 Å². The number of rotatable bonds is 6. The van der Waals surface area contributed by atoms with Crippen LogP contribution in [0.4, 0.5) is 11.4 Å². The molecule has 0 bridgehead atoms. The van der Waals surface area contributed by atoms with Gasteiger partial charge >= 0.3 is 0 Å². The first-order valence-electron chi connectivity index (χ1n) is 11.7. The standard InChI is InChI=1S/C26H27N3O3S2/c1-15(2)16-7-9-17(10-8-16)27-23(30)14-33-26-28-21-12-11-18(13-22(21)34-26)29-24(31)19-5-3-4-6-20(19)25(29)32/h7-13,15,19-20H,3-6,14H2,1-2H3,(H,27,30)/t19-,20+. The number of carbonyl (C=O) groups excluding carboxylic acids is 3. The minimum Gasteiger partial charge on any atom is -0.325 e. The van der Waals surface area contributed by atoms with Crippen molar-refractivity contribution in [3.05, 3.63) is 48.0 Å². The Morgan fingerprint density at radius 2 is 1.76 bits per heavy atom. The Balaban J connectivity index is 1.25. The minimum absolute atomic E-state index is 0.0636. The quantitative estimate of drug-likeness (QED) is 0.345. The van der Waals surface area contributed by atoms with Crippen LogP contribution in [0.15, 0.2) is 46.8 Å². The van der Waals surface area contributed by atoms with E-state index in [0.717, 1.165) is 45.9 Å². The molecule has 0 unspecified atom stereocenters. The second kappa shape index (κ2) is 9.50. The fraction of sp³-hybridized carbons (Fsp3) is 0.385. The lowest BCUT2D eigenvalue weighted by molar-refractivity contribution is -0.122. The number of imide groups is 1. The lowest BCUT2D eigenvalue weighted by Crippen LogP contribution is -2.30. The number of nitrogens with one attached hydrogen (secondary N) is 1. The Hall–Kier alpha value is -2.71. The fourth-order valence-corrected chi connectivity index (χ4v) is 6.69. The summed E-state index contributed by atoms with van der Waals surface area (Å²) in [5.74, 6) is 0.168. The lowest BCUT2D eigenvalue weighted by atomic mass is 9.81. The van der Waals surface area contributed by atoms with E-state index in [1.165, 1.54) is 33.6 Å². The van der Waals surface area contributed by atoms with E-state index in [9.17, 15) is 14.4 Å². The minimum atomic E-state index is -0.162. The molecule has 2 aliphatic rings. The number of hydrogen-bond acceptors (Lipinski definition) is 6. The summed E-state index contributed by atoms with van der Waals surface area (Å²) in [6, 6.07) is 13.4. The molecule has 3 amide bonds. The van der Waals surface area contributed by atoms with Crippen LogP contribution in [0.5, 0.6) is 0 Å².